The van der Waals surface area contributed by atoms with Gasteiger partial charge in [-0.3, -0.25) is 4.79 Å². The van der Waals surface area contributed by atoms with Crippen LogP contribution in [0.2, 0.25) is 0 Å². The first-order valence-corrected chi connectivity index (χ1v) is 7.23. The maximum absolute atomic E-state index is 11.7. The Morgan fingerprint density at radius 2 is 2.11 bits per heavy atom. The number of hydrogen-bond acceptors (Lipinski definition) is 3. The molecule has 2 saturated carbocycles. The summed E-state index contributed by atoms with van der Waals surface area (Å²) in [7, 11) is 0. The molecule has 1 aliphatic heterocycles. The Labute approximate surface area is 109 Å². The predicted octanol–water partition coefficient (Wildman–Crippen LogP) is 1.06. The summed E-state index contributed by atoms with van der Waals surface area (Å²) in [6.45, 7) is 5.85. The minimum Gasteiger partial charge on any atom is -0.377 e. The molecular formula is C14H24N2O2. The van der Waals surface area contributed by atoms with Gasteiger partial charge in [-0.05, 0) is 25.7 Å². The lowest BCUT2D eigenvalue weighted by Crippen LogP contribution is -2.69. The average molecular weight is 252 g/mol. The van der Waals surface area contributed by atoms with Gasteiger partial charge in [0.15, 0.2) is 0 Å². The first-order valence-electron chi connectivity index (χ1n) is 7.23. The molecule has 3 atom stereocenters. The Balaban J connectivity index is 1.50. The summed E-state index contributed by atoms with van der Waals surface area (Å²) < 4.78 is 5.86. The summed E-state index contributed by atoms with van der Waals surface area (Å²) >= 11 is 0. The van der Waals surface area contributed by atoms with E-state index >= 15 is 0 Å². The molecule has 0 bridgehead atoms. The second kappa shape index (κ2) is 4.49. The number of ether oxygens (including phenoxy) is 1. The van der Waals surface area contributed by atoms with Crippen molar-refractivity contribution in [2.24, 2.45) is 11.3 Å². The Bertz CT molecular complexity index is 339. The average Bonchev–Trinajstić information content (AvgIpc) is 3.13. The van der Waals surface area contributed by atoms with E-state index in [-0.39, 0.29) is 11.3 Å². The van der Waals surface area contributed by atoms with Crippen molar-refractivity contribution >= 4 is 5.91 Å². The number of fused-ring (bicyclic) bond motifs is 1. The van der Waals surface area contributed by atoms with E-state index in [0.29, 0.717) is 30.7 Å². The van der Waals surface area contributed by atoms with Gasteiger partial charge < -0.3 is 15.4 Å². The van der Waals surface area contributed by atoms with E-state index in [9.17, 15) is 4.79 Å². The van der Waals surface area contributed by atoms with Gasteiger partial charge in [-0.2, -0.15) is 0 Å². The van der Waals surface area contributed by atoms with Crippen LogP contribution in [0.1, 0.15) is 39.5 Å². The normalized spacial score (nSPS) is 37.6. The van der Waals surface area contributed by atoms with Gasteiger partial charge in [0, 0.05) is 30.0 Å². The molecule has 0 aromatic carbocycles. The van der Waals surface area contributed by atoms with Gasteiger partial charge in [-0.1, -0.05) is 13.8 Å². The van der Waals surface area contributed by atoms with Gasteiger partial charge in [0.05, 0.1) is 12.6 Å². The third-order valence-corrected chi connectivity index (χ3v) is 4.76. The van der Waals surface area contributed by atoms with E-state index in [4.69, 9.17) is 4.74 Å². The Morgan fingerprint density at radius 3 is 2.83 bits per heavy atom. The van der Waals surface area contributed by atoms with Crippen LogP contribution < -0.4 is 10.6 Å². The van der Waals surface area contributed by atoms with Gasteiger partial charge in [-0.25, -0.2) is 0 Å². The molecule has 1 amide bonds. The van der Waals surface area contributed by atoms with E-state index < -0.39 is 0 Å². The van der Waals surface area contributed by atoms with Crippen molar-refractivity contribution in [1.82, 2.24) is 10.6 Å². The number of carbonyl (C=O) groups excluding carboxylic acids is 1. The Hall–Kier alpha value is -0.610. The van der Waals surface area contributed by atoms with Gasteiger partial charge in [-0.15, -0.1) is 0 Å². The van der Waals surface area contributed by atoms with Gasteiger partial charge in [0.25, 0.3) is 0 Å². The molecule has 2 N–H and O–H groups in total. The lowest BCUT2D eigenvalue weighted by Gasteiger charge is -2.60. The second-order valence-corrected chi connectivity index (χ2v) is 6.62. The summed E-state index contributed by atoms with van der Waals surface area (Å²) in [6, 6.07) is 0.882. The molecule has 0 radical (unpaired) electrons. The fourth-order valence-corrected chi connectivity index (χ4v) is 3.65. The zero-order valence-corrected chi connectivity index (χ0v) is 11.4. The van der Waals surface area contributed by atoms with E-state index in [1.807, 2.05) is 0 Å². The number of amides is 1. The number of hydrogen-bond donors (Lipinski definition) is 2. The van der Waals surface area contributed by atoms with E-state index in [1.54, 1.807) is 0 Å². The standard InChI is InChI=1S/C14H24N2O2/c1-14(2)12(10-4-3-7-18-13(10)14)15-8-11(17)16-9-5-6-9/h9-10,12-13,15H,3-8H2,1-2H3,(H,16,17). The van der Waals surface area contributed by atoms with Crippen LogP contribution in [0.15, 0.2) is 0 Å². The van der Waals surface area contributed by atoms with Crippen LogP contribution in [0.3, 0.4) is 0 Å². The SMILES string of the molecule is CC1(C)C(NCC(=O)NC2CC2)C2CCCOC21. The van der Waals surface area contributed by atoms with Gasteiger partial charge >= 0.3 is 0 Å². The summed E-state index contributed by atoms with van der Waals surface area (Å²) in [5.74, 6) is 0.746. The van der Waals surface area contributed by atoms with Crippen molar-refractivity contribution in [2.75, 3.05) is 13.2 Å². The lowest BCUT2D eigenvalue weighted by molar-refractivity contribution is -0.192. The summed E-state index contributed by atoms with van der Waals surface area (Å²) in [5, 5.41) is 6.47. The highest BCUT2D eigenvalue weighted by Gasteiger charge is 2.57. The molecule has 0 spiro atoms. The second-order valence-electron chi connectivity index (χ2n) is 6.62. The summed E-state index contributed by atoms with van der Waals surface area (Å²) in [4.78, 5) is 11.7. The molecule has 0 aromatic heterocycles. The highest BCUT2D eigenvalue weighted by atomic mass is 16.5. The molecule has 2 aliphatic carbocycles. The fourth-order valence-electron chi connectivity index (χ4n) is 3.65. The van der Waals surface area contributed by atoms with Gasteiger partial charge in [0.1, 0.15) is 0 Å². The lowest BCUT2D eigenvalue weighted by atomic mass is 9.55. The molecule has 3 rings (SSSR count). The molecule has 18 heavy (non-hydrogen) atoms. The van der Waals surface area contributed by atoms with Crippen molar-refractivity contribution in [1.29, 1.82) is 0 Å². The molecule has 4 nitrogen and oxygen atoms in total. The topological polar surface area (TPSA) is 50.4 Å². The smallest absolute Gasteiger partial charge is 0.234 e. The number of carbonyl (C=O) groups is 1. The van der Waals surface area contributed by atoms with Crippen LogP contribution in [0.5, 0.6) is 0 Å². The van der Waals surface area contributed by atoms with Crippen molar-refractivity contribution in [2.45, 2.75) is 57.7 Å². The third kappa shape index (κ3) is 2.16. The molecule has 0 aromatic rings. The van der Waals surface area contributed by atoms with Crippen LogP contribution in [0.4, 0.5) is 0 Å². The molecule has 3 unspecified atom stereocenters. The van der Waals surface area contributed by atoms with Crippen molar-refractivity contribution in [3.05, 3.63) is 0 Å². The first-order chi connectivity index (χ1) is 8.59. The molecule has 102 valence electrons. The molecule has 1 saturated heterocycles. The minimum absolute atomic E-state index is 0.147. The highest BCUT2D eigenvalue weighted by Crippen LogP contribution is 2.51. The predicted molar refractivity (Wildman–Crippen MR) is 69.2 cm³/mol. The fraction of sp³-hybridized carbons (Fsp3) is 0.929. The monoisotopic (exact) mass is 252 g/mol. The largest absolute Gasteiger partial charge is 0.377 e. The number of rotatable bonds is 4. The quantitative estimate of drug-likeness (QED) is 0.786. The summed E-state index contributed by atoms with van der Waals surface area (Å²) in [5.41, 5.74) is 0.158. The molecule has 3 aliphatic rings. The van der Waals surface area contributed by atoms with E-state index in [1.165, 1.54) is 6.42 Å². The van der Waals surface area contributed by atoms with E-state index in [0.717, 1.165) is 25.9 Å². The molecule has 4 heteroatoms. The zero-order chi connectivity index (χ0) is 12.8. The third-order valence-electron chi connectivity index (χ3n) is 4.76. The zero-order valence-electron chi connectivity index (χ0n) is 11.4. The molecular weight excluding hydrogens is 228 g/mol. The van der Waals surface area contributed by atoms with E-state index in [2.05, 4.69) is 24.5 Å². The minimum atomic E-state index is 0.147. The Kier molecular flexibility index (Phi) is 3.10. The van der Waals surface area contributed by atoms with Crippen LogP contribution in [-0.2, 0) is 9.53 Å². The maximum atomic E-state index is 11.7. The van der Waals surface area contributed by atoms with Crippen LogP contribution in [0, 0.1) is 11.3 Å². The first kappa shape index (κ1) is 12.4. The van der Waals surface area contributed by atoms with Crippen LogP contribution >= 0.6 is 0 Å². The highest BCUT2D eigenvalue weighted by molar-refractivity contribution is 5.78. The van der Waals surface area contributed by atoms with Crippen molar-refractivity contribution < 1.29 is 9.53 Å². The molecule has 1 heterocycles. The Morgan fingerprint density at radius 1 is 1.33 bits per heavy atom. The van der Waals surface area contributed by atoms with Crippen LogP contribution in [0.25, 0.3) is 0 Å². The summed E-state index contributed by atoms with van der Waals surface area (Å²) in [6.07, 6.45) is 5.08. The van der Waals surface area contributed by atoms with Crippen molar-refractivity contribution in [3.63, 3.8) is 0 Å². The van der Waals surface area contributed by atoms with Crippen molar-refractivity contribution in [3.8, 4) is 0 Å². The number of nitrogens with one attached hydrogen (secondary N) is 2. The molecule has 3 fully saturated rings. The van der Waals surface area contributed by atoms with Gasteiger partial charge in [0.2, 0.25) is 5.91 Å². The van der Waals surface area contributed by atoms with Crippen LogP contribution in [-0.4, -0.2) is 37.2 Å². The maximum Gasteiger partial charge on any atom is 0.234 e.